The van der Waals surface area contributed by atoms with Crippen LogP contribution in [0.3, 0.4) is 0 Å². The molecular weight excluding hydrogens is 247 g/mol. The Morgan fingerprint density at radius 3 is 2.31 bits per heavy atom. The summed E-state index contributed by atoms with van der Waals surface area (Å²) in [6.45, 7) is 1.96. The minimum Gasteiger partial charge on any atom is -0.331 e. The van der Waals surface area contributed by atoms with Gasteiger partial charge in [0.05, 0.1) is 0 Å². The molecule has 2 rings (SSSR count). The minimum atomic E-state index is 0.389. The van der Waals surface area contributed by atoms with Crippen LogP contribution in [0.4, 0.5) is 0 Å². The predicted molar refractivity (Wildman–Crippen MR) is 63.6 cm³/mol. The van der Waals surface area contributed by atoms with Crippen LogP contribution in [-0.4, -0.2) is 19.5 Å². The lowest BCUT2D eigenvalue weighted by Gasteiger charge is -2.06. The van der Waals surface area contributed by atoms with E-state index < -0.39 is 0 Å². The average Bonchev–Trinajstić information content (AvgIpc) is 2.64. The van der Waals surface area contributed by atoms with Crippen molar-refractivity contribution < 1.29 is 0 Å². The zero-order valence-electron chi connectivity index (χ0n) is 8.91. The highest BCUT2D eigenvalue weighted by Gasteiger charge is 2.13. The Hall–Kier alpha value is -1.13. The summed E-state index contributed by atoms with van der Waals surface area (Å²) in [4.78, 5) is 12.5. The molecule has 0 fully saturated rings. The van der Waals surface area contributed by atoms with Crippen molar-refractivity contribution in [2.75, 3.05) is 0 Å². The first kappa shape index (κ1) is 11.4. The highest BCUT2D eigenvalue weighted by molar-refractivity contribution is 6.34. The number of imidazole rings is 1. The molecule has 0 aromatic carbocycles. The topological polar surface area (TPSA) is 43.6 Å². The van der Waals surface area contributed by atoms with Crippen molar-refractivity contribution in [1.82, 2.24) is 19.5 Å². The van der Waals surface area contributed by atoms with E-state index in [0.29, 0.717) is 28.4 Å². The zero-order valence-corrected chi connectivity index (χ0v) is 10.4. The van der Waals surface area contributed by atoms with E-state index in [1.165, 1.54) is 0 Å². The molecule has 0 amide bonds. The monoisotopic (exact) mass is 256 g/mol. The lowest BCUT2D eigenvalue weighted by molar-refractivity contribution is 0.902. The standard InChI is InChI=1S/C10H10Cl2N4/c1-3-6-7(11)14-9(15-8(6)12)10-13-4-5-16(10)2/h4-5H,3H2,1-2H3. The van der Waals surface area contributed by atoms with Gasteiger partial charge in [-0.05, 0) is 6.42 Å². The van der Waals surface area contributed by atoms with Crippen molar-refractivity contribution in [3.63, 3.8) is 0 Å². The SMILES string of the molecule is CCc1c(Cl)nc(-c2nccn2C)nc1Cl. The molecule has 0 spiro atoms. The molecule has 6 heteroatoms. The number of hydrogen-bond donors (Lipinski definition) is 0. The zero-order chi connectivity index (χ0) is 11.7. The Kier molecular flexibility index (Phi) is 3.12. The van der Waals surface area contributed by atoms with E-state index in [2.05, 4.69) is 15.0 Å². The molecule has 2 aromatic rings. The highest BCUT2D eigenvalue weighted by Crippen LogP contribution is 2.24. The Morgan fingerprint density at radius 2 is 1.88 bits per heavy atom. The van der Waals surface area contributed by atoms with Crippen LogP contribution >= 0.6 is 23.2 Å². The quantitative estimate of drug-likeness (QED) is 0.777. The van der Waals surface area contributed by atoms with Crippen LogP contribution in [0.1, 0.15) is 12.5 Å². The maximum atomic E-state index is 6.03. The Balaban J connectivity index is 2.57. The molecule has 2 heterocycles. The van der Waals surface area contributed by atoms with E-state index in [-0.39, 0.29) is 0 Å². The van der Waals surface area contributed by atoms with Gasteiger partial charge in [0.15, 0.2) is 11.6 Å². The van der Waals surface area contributed by atoms with Gasteiger partial charge in [-0.25, -0.2) is 15.0 Å². The number of hydrogen-bond acceptors (Lipinski definition) is 3. The van der Waals surface area contributed by atoms with E-state index in [0.717, 1.165) is 5.56 Å². The number of rotatable bonds is 2. The van der Waals surface area contributed by atoms with Gasteiger partial charge in [0.1, 0.15) is 10.3 Å². The highest BCUT2D eigenvalue weighted by atomic mass is 35.5. The predicted octanol–water partition coefficient (Wildman–Crippen LogP) is 2.75. The molecule has 0 saturated carbocycles. The third-order valence-corrected chi connectivity index (χ3v) is 2.91. The van der Waals surface area contributed by atoms with Gasteiger partial charge in [0.2, 0.25) is 0 Å². The first-order chi connectivity index (χ1) is 7.63. The van der Waals surface area contributed by atoms with E-state index in [1.807, 2.05) is 24.7 Å². The second-order valence-electron chi connectivity index (χ2n) is 3.32. The fourth-order valence-electron chi connectivity index (χ4n) is 1.40. The van der Waals surface area contributed by atoms with Crippen LogP contribution < -0.4 is 0 Å². The summed E-state index contributed by atoms with van der Waals surface area (Å²) in [6.07, 6.45) is 4.20. The number of halogens is 2. The lowest BCUT2D eigenvalue weighted by atomic mass is 10.3. The van der Waals surface area contributed by atoms with Crippen molar-refractivity contribution in [3.05, 3.63) is 28.3 Å². The maximum absolute atomic E-state index is 6.03. The maximum Gasteiger partial charge on any atom is 0.198 e. The Labute approximate surface area is 103 Å². The largest absolute Gasteiger partial charge is 0.331 e. The summed E-state index contributed by atoms with van der Waals surface area (Å²) in [5, 5.41) is 0.779. The van der Waals surface area contributed by atoms with Crippen LogP contribution in [0.5, 0.6) is 0 Å². The Morgan fingerprint density at radius 1 is 1.25 bits per heavy atom. The summed E-state index contributed by atoms with van der Waals surface area (Å²) in [6, 6.07) is 0. The normalized spacial score (nSPS) is 10.8. The van der Waals surface area contributed by atoms with Gasteiger partial charge in [0, 0.05) is 25.0 Å². The Bertz CT molecular complexity index is 498. The summed E-state index contributed by atoms with van der Waals surface area (Å²) in [5.41, 5.74) is 0.765. The van der Waals surface area contributed by atoms with Crippen molar-refractivity contribution in [2.45, 2.75) is 13.3 Å². The molecule has 0 aliphatic heterocycles. The molecule has 0 atom stereocenters. The summed E-state index contributed by atoms with van der Waals surface area (Å²) in [5.74, 6) is 1.09. The van der Waals surface area contributed by atoms with Gasteiger partial charge in [-0.1, -0.05) is 30.1 Å². The second kappa shape index (κ2) is 4.39. The van der Waals surface area contributed by atoms with Crippen molar-refractivity contribution >= 4 is 23.2 Å². The van der Waals surface area contributed by atoms with E-state index in [4.69, 9.17) is 23.2 Å². The third-order valence-electron chi connectivity index (χ3n) is 2.28. The molecular formula is C10H10Cl2N4. The molecule has 2 aromatic heterocycles. The van der Waals surface area contributed by atoms with Crippen molar-refractivity contribution in [2.24, 2.45) is 7.05 Å². The molecule has 84 valence electrons. The third kappa shape index (κ3) is 1.90. The van der Waals surface area contributed by atoms with Gasteiger partial charge in [-0.15, -0.1) is 0 Å². The van der Waals surface area contributed by atoms with Crippen LogP contribution in [0, 0.1) is 0 Å². The van der Waals surface area contributed by atoms with Crippen LogP contribution in [0.2, 0.25) is 10.3 Å². The van der Waals surface area contributed by atoms with Crippen LogP contribution in [-0.2, 0) is 13.5 Å². The van der Waals surface area contributed by atoms with Gasteiger partial charge in [-0.2, -0.15) is 0 Å². The molecule has 0 saturated heterocycles. The summed E-state index contributed by atoms with van der Waals surface area (Å²) < 4.78 is 1.81. The lowest BCUT2D eigenvalue weighted by Crippen LogP contribution is -2.00. The van der Waals surface area contributed by atoms with Crippen LogP contribution in [0.15, 0.2) is 12.4 Å². The number of aryl methyl sites for hydroxylation is 1. The molecule has 16 heavy (non-hydrogen) atoms. The van der Waals surface area contributed by atoms with Crippen molar-refractivity contribution in [3.8, 4) is 11.6 Å². The van der Waals surface area contributed by atoms with E-state index >= 15 is 0 Å². The smallest absolute Gasteiger partial charge is 0.198 e. The first-order valence-electron chi connectivity index (χ1n) is 4.83. The summed E-state index contributed by atoms with van der Waals surface area (Å²) >= 11 is 12.1. The van der Waals surface area contributed by atoms with E-state index in [9.17, 15) is 0 Å². The fraction of sp³-hybridized carbons (Fsp3) is 0.300. The van der Waals surface area contributed by atoms with E-state index in [1.54, 1.807) is 6.20 Å². The molecule has 0 radical (unpaired) electrons. The second-order valence-corrected chi connectivity index (χ2v) is 4.04. The van der Waals surface area contributed by atoms with Crippen LogP contribution in [0.25, 0.3) is 11.6 Å². The van der Waals surface area contributed by atoms with Gasteiger partial charge >= 0.3 is 0 Å². The molecule has 0 bridgehead atoms. The summed E-state index contributed by atoms with van der Waals surface area (Å²) in [7, 11) is 1.86. The number of aromatic nitrogens is 4. The van der Waals surface area contributed by atoms with Crippen molar-refractivity contribution in [1.29, 1.82) is 0 Å². The molecule has 0 aliphatic carbocycles. The minimum absolute atomic E-state index is 0.389. The van der Waals surface area contributed by atoms with Gasteiger partial charge in [-0.3, -0.25) is 0 Å². The first-order valence-corrected chi connectivity index (χ1v) is 5.58. The van der Waals surface area contributed by atoms with Gasteiger partial charge < -0.3 is 4.57 Å². The molecule has 0 unspecified atom stereocenters. The fourth-order valence-corrected chi connectivity index (χ4v) is 2.06. The average molecular weight is 257 g/mol. The molecule has 0 aliphatic rings. The van der Waals surface area contributed by atoms with Gasteiger partial charge in [0.25, 0.3) is 0 Å². The molecule has 0 N–H and O–H groups in total. The number of nitrogens with zero attached hydrogens (tertiary/aromatic N) is 4. The molecule has 4 nitrogen and oxygen atoms in total.